The number of amides is 1. The molecule has 0 aromatic heterocycles. The van der Waals surface area contributed by atoms with Crippen molar-refractivity contribution in [2.75, 3.05) is 13.3 Å². The normalized spacial score (nSPS) is 13.8. The maximum Gasteiger partial charge on any atom is 0.408 e. The van der Waals surface area contributed by atoms with E-state index < -0.39 is 53.5 Å². The molecule has 0 aliphatic rings. The molecule has 0 fully saturated rings. The molecule has 0 saturated carbocycles. The molecule has 0 radical (unpaired) electrons. The highest BCUT2D eigenvalue weighted by Gasteiger charge is 2.35. The molecule has 0 heterocycles. The van der Waals surface area contributed by atoms with Crippen molar-refractivity contribution in [1.29, 1.82) is 0 Å². The number of alkyl carbamates (subject to hydrolysis) is 1. The van der Waals surface area contributed by atoms with E-state index in [0.29, 0.717) is 5.75 Å². The second kappa shape index (κ2) is 12.9. The van der Waals surface area contributed by atoms with E-state index in [4.69, 9.17) is 18.9 Å². The van der Waals surface area contributed by atoms with E-state index in [-0.39, 0.29) is 19.4 Å². The molecule has 36 heavy (non-hydrogen) atoms. The van der Waals surface area contributed by atoms with Crippen molar-refractivity contribution in [3.63, 3.8) is 0 Å². The summed E-state index contributed by atoms with van der Waals surface area (Å²) in [6.07, 6.45) is -0.632. The van der Waals surface area contributed by atoms with Crippen LogP contribution in [0, 0.1) is 5.92 Å². The fourth-order valence-corrected chi connectivity index (χ4v) is 3.13. The van der Waals surface area contributed by atoms with Gasteiger partial charge in [0.15, 0.2) is 0 Å². The van der Waals surface area contributed by atoms with Crippen LogP contribution in [0.1, 0.15) is 74.3 Å². The zero-order chi connectivity index (χ0) is 27.7. The SMILES string of the molecule is CC(C)(C)OC(=O)N[C@@H](CC(Cc1ccc(OCCF)cc1)C(=O)OC(C)(C)C)C(=O)OC(C)(C)C. The third kappa shape index (κ3) is 13.3. The predicted molar refractivity (Wildman–Crippen MR) is 135 cm³/mol. The number of ether oxygens (including phenoxy) is 4. The lowest BCUT2D eigenvalue weighted by Gasteiger charge is -2.29. The molecule has 0 bridgehead atoms. The molecular formula is C27H42FNO7. The van der Waals surface area contributed by atoms with Gasteiger partial charge in [0.1, 0.15) is 41.9 Å². The van der Waals surface area contributed by atoms with Crippen LogP contribution in [-0.4, -0.2) is 54.2 Å². The summed E-state index contributed by atoms with van der Waals surface area (Å²) in [6.45, 7) is 14.9. The van der Waals surface area contributed by atoms with Gasteiger partial charge in [0.2, 0.25) is 0 Å². The molecule has 1 unspecified atom stereocenters. The summed E-state index contributed by atoms with van der Waals surface area (Å²) in [5.41, 5.74) is -1.56. The number of alkyl halides is 1. The Labute approximate surface area is 214 Å². The van der Waals surface area contributed by atoms with Crippen molar-refractivity contribution in [1.82, 2.24) is 5.32 Å². The van der Waals surface area contributed by atoms with Crippen molar-refractivity contribution < 1.29 is 37.7 Å². The van der Waals surface area contributed by atoms with Crippen molar-refractivity contribution >= 4 is 18.0 Å². The van der Waals surface area contributed by atoms with Gasteiger partial charge in [0, 0.05) is 0 Å². The molecule has 1 aromatic carbocycles. The molecule has 204 valence electrons. The average molecular weight is 512 g/mol. The van der Waals surface area contributed by atoms with Gasteiger partial charge in [-0.3, -0.25) is 4.79 Å². The smallest absolute Gasteiger partial charge is 0.408 e. The molecule has 1 amide bonds. The van der Waals surface area contributed by atoms with E-state index in [9.17, 15) is 18.8 Å². The number of hydrogen-bond acceptors (Lipinski definition) is 7. The number of hydrogen-bond donors (Lipinski definition) is 1. The minimum atomic E-state index is -1.15. The van der Waals surface area contributed by atoms with Crippen LogP contribution in [0.5, 0.6) is 5.75 Å². The summed E-state index contributed by atoms with van der Waals surface area (Å²) in [5, 5.41) is 2.56. The van der Waals surface area contributed by atoms with Gasteiger partial charge in [-0.15, -0.1) is 0 Å². The van der Waals surface area contributed by atoms with Crippen LogP contribution in [0.3, 0.4) is 0 Å². The van der Waals surface area contributed by atoms with Gasteiger partial charge in [-0.05, 0) is 92.9 Å². The van der Waals surface area contributed by atoms with Gasteiger partial charge < -0.3 is 24.3 Å². The molecule has 0 spiro atoms. The number of halogens is 1. The van der Waals surface area contributed by atoms with Gasteiger partial charge in [-0.25, -0.2) is 14.0 Å². The van der Waals surface area contributed by atoms with E-state index in [1.165, 1.54) is 0 Å². The van der Waals surface area contributed by atoms with Crippen LogP contribution in [0.2, 0.25) is 0 Å². The van der Waals surface area contributed by atoms with E-state index in [0.717, 1.165) is 5.56 Å². The van der Waals surface area contributed by atoms with Gasteiger partial charge in [-0.2, -0.15) is 0 Å². The minimum Gasteiger partial charge on any atom is -0.491 e. The van der Waals surface area contributed by atoms with Crippen molar-refractivity contribution in [3.8, 4) is 5.75 Å². The Morgan fingerprint density at radius 2 is 1.31 bits per heavy atom. The molecule has 2 atom stereocenters. The largest absolute Gasteiger partial charge is 0.491 e. The molecular weight excluding hydrogens is 469 g/mol. The van der Waals surface area contributed by atoms with Gasteiger partial charge in [-0.1, -0.05) is 12.1 Å². The molecule has 8 nitrogen and oxygen atoms in total. The lowest BCUT2D eigenvalue weighted by Crippen LogP contribution is -2.48. The molecule has 0 aliphatic carbocycles. The van der Waals surface area contributed by atoms with Crippen LogP contribution in [0.4, 0.5) is 9.18 Å². The highest BCUT2D eigenvalue weighted by molar-refractivity contribution is 5.83. The third-order valence-corrected chi connectivity index (χ3v) is 4.39. The second-order valence-corrected chi connectivity index (χ2v) is 11.6. The average Bonchev–Trinajstić information content (AvgIpc) is 2.68. The lowest BCUT2D eigenvalue weighted by molar-refractivity contribution is -0.162. The van der Waals surface area contributed by atoms with E-state index in [2.05, 4.69) is 5.32 Å². The Balaban J connectivity index is 3.21. The van der Waals surface area contributed by atoms with Gasteiger partial charge in [0.25, 0.3) is 0 Å². The third-order valence-electron chi connectivity index (χ3n) is 4.39. The van der Waals surface area contributed by atoms with Crippen LogP contribution in [-0.2, 0) is 30.2 Å². The fraction of sp³-hybridized carbons (Fsp3) is 0.667. The summed E-state index contributed by atoms with van der Waals surface area (Å²) >= 11 is 0. The van der Waals surface area contributed by atoms with Gasteiger partial charge in [0.05, 0.1) is 5.92 Å². The summed E-state index contributed by atoms with van der Waals surface area (Å²) in [7, 11) is 0. The molecule has 0 aliphatic heterocycles. The van der Waals surface area contributed by atoms with Crippen LogP contribution in [0.25, 0.3) is 0 Å². The zero-order valence-corrected chi connectivity index (χ0v) is 23.0. The number of nitrogens with one attached hydrogen (secondary N) is 1. The summed E-state index contributed by atoms with van der Waals surface area (Å²) in [4.78, 5) is 38.7. The Morgan fingerprint density at radius 1 is 0.806 bits per heavy atom. The predicted octanol–water partition coefficient (Wildman–Crippen LogP) is 5.16. The highest BCUT2D eigenvalue weighted by Crippen LogP contribution is 2.23. The number of carbonyl (C=O) groups excluding carboxylic acids is 3. The first-order chi connectivity index (χ1) is 16.4. The first-order valence-electron chi connectivity index (χ1n) is 12.1. The molecule has 1 N–H and O–H groups in total. The number of rotatable bonds is 10. The summed E-state index contributed by atoms with van der Waals surface area (Å²) < 4.78 is 34.1. The molecule has 1 aromatic rings. The molecule has 1 rings (SSSR count). The van der Waals surface area contributed by atoms with E-state index in [1.807, 2.05) is 0 Å². The zero-order valence-electron chi connectivity index (χ0n) is 23.0. The maximum absolute atomic E-state index is 13.1. The monoisotopic (exact) mass is 511 g/mol. The van der Waals surface area contributed by atoms with Crippen LogP contribution >= 0.6 is 0 Å². The van der Waals surface area contributed by atoms with Crippen molar-refractivity contribution in [3.05, 3.63) is 29.8 Å². The fourth-order valence-electron chi connectivity index (χ4n) is 3.13. The van der Waals surface area contributed by atoms with Crippen LogP contribution in [0.15, 0.2) is 24.3 Å². The Morgan fingerprint density at radius 3 is 1.78 bits per heavy atom. The number of benzene rings is 1. The lowest BCUT2D eigenvalue weighted by atomic mass is 9.92. The summed E-state index contributed by atoms with van der Waals surface area (Å²) in [6, 6.07) is 5.73. The maximum atomic E-state index is 13.1. The summed E-state index contributed by atoms with van der Waals surface area (Å²) in [5.74, 6) is -1.48. The van der Waals surface area contributed by atoms with Crippen molar-refractivity contribution in [2.45, 2.75) is 98.0 Å². The number of esters is 2. The molecule has 0 saturated heterocycles. The Bertz CT molecular complexity index is 864. The quantitative estimate of drug-likeness (QED) is 0.342. The minimum absolute atomic E-state index is 0.0478. The van der Waals surface area contributed by atoms with Crippen LogP contribution < -0.4 is 10.1 Å². The van der Waals surface area contributed by atoms with E-state index >= 15 is 0 Å². The standard InChI is InChI=1S/C27H42FNO7/c1-25(2,3)34-22(30)19(16-18-10-12-20(13-11-18)33-15-14-28)17-21(23(31)35-26(4,5)6)29-24(32)36-27(7,8)9/h10-13,19,21H,14-17H2,1-9H3,(H,29,32)/t19?,21-/m0/s1. The topological polar surface area (TPSA) is 100 Å². The van der Waals surface area contributed by atoms with E-state index in [1.54, 1.807) is 86.6 Å². The first kappa shape index (κ1) is 31.2. The van der Waals surface area contributed by atoms with Crippen molar-refractivity contribution in [2.24, 2.45) is 5.92 Å². The Hall–Kier alpha value is -2.84. The highest BCUT2D eigenvalue weighted by atomic mass is 19.1. The first-order valence-corrected chi connectivity index (χ1v) is 12.1. The number of carbonyl (C=O) groups is 3. The van der Waals surface area contributed by atoms with Gasteiger partial charge >= 0.3 is 18.0 Å². The second-order valence-electron chi connectivity index (χ2n) is 11.6. The molecule has 9 heteroatoms. The Kier molecular flexibility index (Phi) is 11.2.